The Bertz CT molecular complexity index is 564. The zero-order valence-corrected chi connectivity index (χ0v) is 13.1. The molecule has 0 aliphatic carbocycles. The molecule has 1 unspecified atom stereocenters. The second-order valence-corrected chi connectivity index (χ2v) is 5.98. The Morgan fingerprint density at radius 2 is 1.90 bits per heavy atom. The normalized spacial score (nSPS) is 13.1. The molecule has 1 aromatic carbocycles. The number of hydrogen-bond acceptors (Lipinski definition) is 3. The van der Waals surface area contributed by atoms with E-state index in [0.29, 0.717) is 6.04 Å². The average Bonchev–Trinajstić information content (AvgIpc) is 2.50. The summed E-state index contributed by atoms with van der Waals surface area (Å²) < 4.78 is 0. The van der Waals surface area contributed by atoms with Crippen molar-refractivity contribution in [1.29, 1.82) is 0 Å². The number of hydrogen-bond donors (Lipinski definition) is 2. The molecule has 0 bridgehead atoms. The topological polar surface area (TPSA) is 50.9 Å². The van der Waals surface area contributed by atoms with Gasteiger partial charge in [0.1, 0.15) is 0 Å². The second-order valence-electron chi connectivity index (χ2n) is 5.98. The van der Waals surface area contributed by atoms with Gasteiger partial charge in [0.2, 0.25) is 0 Å². The van der Waals surface area contributed by atoms with Crippen molar-refractivity contribution in [3.05, 3.63) is 59.9 Å². The molecule has 2 rings (SSSR count). The van der Waals surface area contributed by atoms with Crippen molar-refractivity contribution < 1.29 is 0 Å². The van der Waals surface area contributed by atoms with Crippen LogP contribution in [0.4, 0.5) is 5.69 Å². The lowest BCUT2D eigenvalue weighted by molar-refractivity contribution is 0.343. The summed E-state index contributed by atoms with van der Waals surface area (Å²) in [5, 5.41) is 3.61. The molecule has 3 N–H and O–H groups in total. The summed E-state index contributed by atoms with van der Waals surface area (Å²) in [5.74, 6) is 0. The molecule has 1 atom stereocenters. The zero-order valence-electron chi connectivity index (χ0n) is 13.1. The van der Waals surface area contributed by atoms with Gasteiger partial charge in [-0.05, 0) is 30.2 Å². The van der Waals surface area contributed by atoms with Crippen LogP contribution in [0.15, 0.2) is 48.8 Å². The van der Waals surface area contributed by atoms with Gasteiger partial charge in [-0.15, -0.1) is 0 Å². The molecule has 21 heavy (non-hydrogen) atoms. The Labute approximate surface area is 127 Å². The maximum Gasteiger partial charge on any atom is 0.0378 e. The van der Waals surface area contributed by atoms with Crippen LogP contribution in [-0.2, 0) is 11.8 Å². The smallest absolute Gasteiger partial charge is 0.0378 e. The first-order valence-electron chi connectivity index (χ1n) is 7.53. The zero-order chi connectivity index (χ0) is 15.3. The number of anilines is 1. The highest BCUT2D eigenvalue weighted by Gasteiger charge is 2.31. The van der Waals surface area contributed by atoms with Crippen LogP contribution < -0.4 is 11.1 Å². The van der Waals surface area contributed by atoms with Crippen molar-refractivity contribution in [3.8, 4) is 0 Å². The third-order valence-electron chi connectivity index (χ3n) is 4.20. The van der Waals surface area contributed by atoms with Gasteiger partial charge in [-0.3, -0.25) is 4.98 Å². The van der Waals surface area contributed by atoms with Crippen LogP contribution in [0, 0.1) is 0 Å². The number of nitrogens with two attached hydrogens (primary N) is 1. The van der Waals surface area contributed by atoms with E-state index in [-0.39, 0.29) is 5.41 Å². The van der Waals surface area contributed by atoms with E-state index in [2.05, 4.69) is 61.4 Å². The molecule has 0 amide bonds. The fourth-order valence-electron chi connectivity index (χ4n) is 2.73. The van der Waals surface area contributed by atoms with Gasteiger partial charge in [-0.2, -0.15) is 0 Å². The highest BCUT2D eigenvalue weighted by atomic mass is 14.9. The molecule has 1 aromatic heterocycles. The van der Waals surface area contributed by atoms with E-state index in [1.54, 1.807) is 6.20 Å². The number of aromatic nitrogens is 1. The number of nitrogens with one attached hydrogen (secondary N) is 1. The number of pyridine rings is 1. The third kappa shape index (κ3) is 3.61. The van der Waals surface area contributed by atoms with Crippen LogP contribution in [0.1, 0.15) is 31.9 Å². The van der Waals surface area contributed by atoms with Crippen LogP contribution in [0.3, 0.4) is 0 Å². The number of likely N-dealkylation sites (N-methyl/N-ethyl adjacent to an activating group) is 1. The number of nitrogen functional groups attached to an aromatic ring is 1. The molecule has 0 aliphatic heterocycles. The average molecular weight is 283 g/mol. The van der Waals surface area contributed by atoms with Gasteiger partial charge in [0, 0.05) is 29.5 Å². The van der Waals surface area contributed by atoms with Crippen molar-refractivity contribution in [1.82, 2.24) is 10.3 Å². The molecule has 1 heterocycles. The van der Waals surface area contributed by atoms with Crippen molar-refractivity contribution in [2.45, 2.75) is 38.6 Å². The standard InChI is InChI=1S/C18H25N3/c1-4-21-17(12-14-13-20-11-10-16(14)19)18(2,3)15-8-6-5-7-9-15/h5-11,13,17,21H,4,12H2,1-3H3,(H2,19,20). The van der Waals surface area contributed by atoms with Gasteiger partial charge in [-0.1, -0.05) is 51.1 Å². The van der Waals surface area contributed by atoms with Gasteiger partial charge in [0.15, 0.2) is 0 Å². The molecular weight excluding hydrogens is 258 g/mol. The second kappa shape index (κ2) is 6.72. The van der Waals surface area contributed by atoms with Gasteiger partial charge in [0.05, 0.1) is 0 Å². The van der Waals surface area contributed by atoms with E-state index in [9.17, 15) is 0 Å². The van der Waals surface area contributed by atoms with Gasteiger partial charge >= 0.3 is 0 Å². The molecule has 0 fully saturated rings. The lowest BCUT2D eigenvalue weighted by atomic mass is 9.75. The number of benzene rings is 1. The lowest BCUT2D eigenvalue weighted by Crippen LogP contribution is -2.46. The van der Waals surface area contributed by atoms with Crippen LogP contribution in [-0.4, -0.2) is 17.6 Å². The minimum absolute atomic E-state index is 0.0134. The van der Waals surface area contributed by atoms with Gasteiger partial charge in [-0.25, -0.2) is 0 Å². The third-order valence-corrected chi connectivity index (χ3v) is 4.20. The first kappa shape index (κ1) is 15.5. The summed E-state index contributed by atoms with van der Waals surface area (Å²) in [4.78, 5) is 4.21. The van der Waals surface area contributed by atoms with Crippen LogP contribution in [0.5, 0.6) is 0 Å². The van der Waals surface area contributed by atoms with E-state index in [1.165, 1.54) is 5.56 Å². The van der Waals surface area contributed by atoms with Crippen LogP contribution in [0.2, 0.25) is 0 Å². The minimum atomic E-state index is 0.0134. The Kier molecular flexibility index (Phi) is 4.97. The van der Waals surface area contributed by atoms with E-state index >= 15 is 0 Å². The first-order chi connectivity index (χ1) is 10.1. The lowest BCUT2D eigenvalue weighted by Gasteiger charge is -2.36. The quantitative estimate of drug-likeness (QED) is 0.856. The summed E-state index contributed by atoms with van der Waals surface area (Å²) in [6.45, 7) is 7.63. The highest BCUT2D eigenvalue weighted by molar-refractivity contribution is 5.45. The van der Waals surface area contributed by atoms with Crippen molar-refractivity contribution in [3.63, 3.8) is 0 Å². The highest BCUT2D eigenvalue weighted by Crippen LogP contribution is 2.29. The Hall–Kier alpha value is -1.87. The van der Waals surface area contributed by atoms with Gasteiger partial charge in [0.25, 0.3) is 0 Å². The number of nitrogens with zero attached hydrogens (tertiary/aromatic N) is 1. The first-order valence-corrected chi connectivity index (χ1v) is 7.53. The Morgan fingerprint density at radius 3 is 2.52 bits per heavy atom. The molecule has 112 valence electrons. The summed E-state index contributed by atoms with van der Waals surface area (Å²) in [6, 6.07) is 12.8. The maximum atomic E-state index is 6.08. The monoisotopic (exact) mass is 283 g/mol. The van der Waals surface area contributed by atoms with E-state index in [1.807, 2.05) is 12.3 Å². The van der Waals surface area contributed by atoms with Crippen molar-refractivity contribution in [2.75, 3.05) is 12.3 Å². The predicted molar refractivity (Wildman–Crippen MR) is 89.3 cm³/mol. The van der Waals surface area contributed by atoms with E-state index in [4.69, 9.17) is 5.73 Å². The molecule has 0 saturated heterocycles. The van der Waals surface area contributed by atoms with Gasteiger partial charge < -0.3 is 11.1 Å². The predicted octanol–water partition coefficient (Wildman–Crippen LogP) is 3.16. The number of rotatable bonds is 6. The van der Waals surface area contributed by atoms with Crippen molar-refractivity contribution in [2.24, 2.45) is 0 Å². The fourth-order valence-corrected chi connectivity index (χ4v) is 2.73. The van der Waals surface area contributed by atoms with E-state index in [0.717, 1.165) is 24.2 Å². The van der Waals surface area contributed by atoms with E-state index < -0.39 is 0 Å². The molecule has 0 saturated carbocycles. The Morgan fingerprint density at radius 1 is 1.19 bits per heavy atom. The largest absolute Gasteiger partial charge is 0.398 e. The summed E-state index contributed by atoms with van der Waals surface area (Å²) in [6.07, 6.45) is 4.49. The molecule has 2 aromatic rings. The van der Waals surface area contributed by atoms with Crippen molar-refractivity contribution >= 4 is 5.69 Å². The maximum absolute atomic E-state index is 6.08. The molecule has 0 radical (unpaired) electrons. The van der Waals surface area contributed by atoms with Crippen LogP contribution >= 0.6 is 0 Å². The SMILES string of the molecule is CCNC(Cc1cnccc1N)C(C)(C)c1ccccc1. The molecule has 0 spiro atoms. The summed E-state index contributed by atoms with van der Waals surface area (Å²) >= 11 is 0. The van der Waals surface area contributed by atoms with Crippen LogP contribution in [0.25, 0.3) is 0 Å². The summed E-state index contributed by atoms with van der Waals surface area (Å²) in [5.41, 5.74) is 9.35. The molecule has 3 heteroatoms. The fraction of sp³-hybridized carbons (Fsp3) is 0.389. The Balaban J connectivity index is 2.28. The molecular formula is C18H25N3. The summed E-state index contributed by atoms with van der Waals surface area (Å²) in [7, 11) is 0. The molecule has 0 aliphatic rings. The molecule has 3 nitrogen and oxygen atoms in total. The minimum Gasteiger partial charge on any atom is -0.398 e.